The number of carbonyl (C=O) groups is 1. The second kappa shape index (κ2) is 5.09. The van der Waals surface area contributed by atoms with Crippen LogP contribution >= 0.6 is 43.2 Å². The van der Waals surface area contributed by atoms with Gasteiger partial charge in [-0.15, -0.1) is 11.3 Å². The zero-order valence-electron chi connectivity index (χ0n) is 6.42. The van der Waals surface area contributed by atoms with Crippen LogP contribution in [0.2, 0.25) is 0 Å². The van der Waals surface area contributed by atoms with E-state index in [0.717, 1.165) is 7.57 Å². The molecule has 3 nitrogen and oxygen atoms in total. The van der Waals surface area contributed by atoms with Crippen molar-refractivity contribution in [2.24, 2.45) is 0 Å². The standard InChI is InChI=1S/C7H6Br2O3S/c8-5-3-4(6(9)13-5)7(11)12-2-1-10/h3,10H,1-2H2. The first-order chi connectivity index (χ1) is 6.15. The first kappa shape index (κ1) is 11.2. The van der Waals surface area contributed by atoms with E-state index in [1.54, 1.807) is 6.07 Å². The Balaban J connectivity index is 2.70. The Labute approximate surface area is 96.0 Å². The number of carbonyl (C=O) groups excluding carboxylic acids is 1. The molecule has 72 valence electrons. The summed E-state index contributed by atoms with van der Waals surface area (Å²) < 4.78 is 6.32. The van der Waals surface area contributed by atoms with Gasteiger partial charge >= 0.3 is 5.97 Å². The molecule has 0 radical (unpaired) electrons. The minimum absolute atomic E-state index is 0.0265. The van der Waals surface area contributed by atoms with Crippen LogP contribution in [0.5, 0.6) is 0 Å². The van der Waals surface area contributed by atoms with Gasteiger partial charge in [0.2, 0.25) is 0 Å². The number of hydrogen-bond acceptors (Lipinski definition) is 4. The van der Waals surface area contributed by atoms with E-state index in [9.17, 15) is 4.79 Å². The highest BCUT2D eigenvalue weighted by Gasteiger charge is 2.14. The Kier molecular flexibility index (Phi) is 4.37. The number of hydrogen-bond donors (Lipinski definition) is 1. The quantitative estimate of drug-likeness (QED) is 0.866. The van der Waals surface area contributed by atoms with E-state index in [2.05, 4.69) is 31.9 Å². The van der Waals surface area contributed by atoms with Gasteiger partial charge in [0.25, 0.3) is 0 Å². The molecular weight excluding hydrogens is 324 g/mol. The molecule has 6 heteroatoms. The van der Waals surface area contributed by atoms with Gasteiger partial charge in [-0.2, -0.15) is 0 Å². The van der Waals surface area contributed by atoms with Crippen molar-refractivity contribution in [2.75, 3.05) is 13.2 Å². The molecule has 0 saturated heterocycles. The van der Waals surface area contributed by atoms with Gasteiger partial charge in [-0.05, 0) is 37.9 Å². The Hall–Kier alpha value is 0.0900. The zero-order chi connectivity index (χ0) is 9.84. The molecule has 0 aliphatic carbocycles. The van der Waals surface area contributed by atoms with Gasteiger partial charge in [-0.25, -0.2) is 4.79 Å². The molecule has 1 aromatic heterocycles. The maximum atomic E-state index is 11.3. The van der Waals surface area contributed by atoms with Crippen molar-refractivity contribution in [3.8, 4) is 0 Å². The number of halogens is 2. The minimum Gasteiger partial charge on any atom is -0.460 e. The lowest BCUT2D eigenvalue weighted by Gasteiger charge is -1.99. The summed E-state index contributed by atoms with van der Waals surface area (Å²) in [4.78, 5) is 11.3. The summed E-state index contributed by atoms with van der Waals surface area (Å²) in [6, 6.07) is 1.68. The van der Waals surface area contributed by atoms with Crippen molar-refractivity contribution in [2.45, 2.75) is 0 Å². The van der Waals surface area contributed by atoms with Crippen molar-refractivity contribution >= 4 is 49.2 Å². The minimum atomic E-state index is -0.428. The second-order valence-corrected chi connectivity index (χ2v) is 5.85. The molecule has 0 spiro atoms. The fourth-order valence-electron chi connectivity index (χ4n) is 0.696. The molecular formula is C7H6Br2O3S. The molecule has 1 heterocycles. The number of thiophene rings is 1. The third kappa shape index (κ3) is 3.05. The summed E-state index contributed by atoms with van der Waals surface area (Å²) >= 11 is 7.89. The Morgan fingerprint density at radius 1 is 1.62 bits per heavy atom. The average Bonchev–Trinajstić information content (AvgIpc) is 2.41. The van der Waals surface area contributed by atoms with E-state index in [1.807, 2.05) is 0 Å². The fraction of sp³-hybridized carbons (Fsp3) is 0.286. The van der Waals surface area contributed by atoms with Crippen molar-refractivity contribution < 1.29 is 14.6 Å². The van der Waals surface area contributed by atoms with Crippen molar-refractivity contribution in [3.05, 3.63) is 19.2 Å². The molecule has 13 heavy (non-hydrogen) atoms. The van der Waals surface area contributed by atoms with E-state index in [1.165, 1.54) is 11.3 Å². The van der Waals surface area contributed by atoms with Crippen LogP contribution < -0.4 is 0 Å². The molecule has 0 aliphatic heterocycles. The SMILES string of the molecule is O=C(OCCO)c1cc(Br)sc1Br. The number of esters is 1. The van der Waals surface area contributed by atoms with Crippen LogP contribution in [0, 0.1) is 0 Å². The van der Waals surface area contributed by atoms with Crippen LogP contribution in [0.15, 0.2) is 13.6 Å². The van der Waals surface area contributed by atoms with Crippen LogP contribution in [0.4, 0.5) is 0 Å². The lowest BCUT2D eigenvalue weighted by molar-refractivity contribution is 0.0433. The highest BCUT2D eigenvalue weighted by molar-refractivity contribution is 9.12. The molecule has 0 aromatic carbocycles. The monoisotopic (exact) mass is 328 g/mol. The third-order valence-corrected chi connectivity index (χ3v) is 3.54. The summed E-state index contributed by atoms with van der Waals surface area (Å²) in [5.74, 6) is -0.428. The molecule has 1 N–H and O–H groups in total. The van der Waals surface area contributed by atoms with Crippen LogP contribution in [0.1, 0.15) is 10.4 Å². The lowest BCUT2D eigenvalue weighted by Crippen LogP contribution is -2.08. The Morgan fingerprint density at radius 3 is 2.77 bits per heavy atom. The maximum Gasteiger partial charge on any atom is 0.340 e. The van der Waals surface area contributed by atoms with Crippen LogP contribution in [-0.4, -0.2) is 24.3 Å². The summed E-state index contributed by atoms with van der Waals surface area (Å²) in [6.45, 7) is -0.132. The molecule has 0 atom stereocenters. The summed E-state index contributed by atoms with van der Waals surface area (Å²) in [5.41, 5.74) is 0.477. The summed E-state index contributed by atoms with van der Waals surface area (Å²) in [7, 11) is 0. The van der Waals surface area contributed by atoms with E-state index in [4.69, 9.17) is 9.84 Å². The number of ether oxygens (including phenoxy) is 1. The molecule has 1 rings (SSSR count). The maximum absolute atomic E-state index is 11.3. The second-order valence-electron chi connectivity index (χ2n) is 2.10. The van der Waals surface area contributed by atoms with Crippen LogP contribution in [0.3, 0.4) is 0 Å². The average molecular weight is 330 g/mol. The van der Waals surface area contributed by atoms with E-state index in [0.29, 0.717) is 5.56 Å². The zero-order valence-corrected chi connectivity index (χ0v) is 10.4. The van der Waals surface area contributed by atoms with Crippen molar-refractivity contribution in [3.63, 3.8) is 0 Å². The largest absolute Gasteiger partial charge is 0.460 e. The highest BCUT2D eigenvalue weighted by atomic mass is 79.9. The molecule has 0 unspecified atom stereocenters. The van der Waals surface area contributed by atoms with Gasteiger partial charge in [0.15, 0.2) is 0 Å². The molecule has 0 fully saturated rings. The smallest absolute Gasteiger partial charge is 0.340 e. The molecule has 0 aliphatic rings. The highest BCUT2D eigenvalue weighted by Crippen LogP contribution is 2.32. The van der Waals surface area contributed by atoms with Gasteiger partial charge in [0, 0.05) is 0 Å². The van der Waals surface area contributed by atoms with E-state index < -0.39 is 5.97 Å². The van der Waals surface area contributed by atoms with Gasteiger partial charge in [-0.1, -0.05) is 0 Å². The summed E-state index contributed by atoms with van der Waals surface area (Å²) in [6.07, 6.45) is 0. The number of aliphatic hydroxyl groups excluding tert-OH is 1. The molecule has 0 bridgehead atoms. The Morgan fingerprint density at radius 2 is 2.31 bits per heavy atom. The predicted molar refractivity (Wildman–Crippen MR) is 57.1 cm³/mol. The van der Waals surface area contributed by atoms with Gasteiger partial charge in [0.05, 0.1) is 19.7 Å². The van der Waals surface area contributed by atoms with E-state index >= 15 is 0 Å². The number of rotatable bonds is 3. The summed E-state index contributed by atoms with van der Waals surface area (Å²) in [5, 5.41) is 8.44. The molecule has 0 amide bonds. The first-order valence-electron chi connectivity index (χ1n) is 3.38. The number of aliphatic hydroxyl groups is 1. The lowest BCUT2D eigenvalue weighted by atomic mass is 10.3. The van der Waals surface area contributed by atoms with Crippen LogP contribution in [0.25, 0.3) is 0 Å². The topological polar surface area (TPSA) is 46.5 Å². The van der Waals surface area contributed by atoms with Crippen LogP contribution in [-0.2, 0) is 4.74 Å². The first-order valence-corrected chi connectivity index (χ1v) is 5.78. The fourth-order valence-corrected chi connectivity index (χ4v) is 3.46. The van der Waals surface area contributed by atoms with Crippen molar-refractivity contribution in [1.29, 1.82) is 0 Å². The van der Waals surface area contributed by atoms with Gasteiger partial charge < -0.3 is 9.84 Å². The Bertz CT molecular complexity index is 311. The van der Waals surface area contributed by atoms with E-state index in [-0.39, 0.29) is 13.2 Å². The molecule has 0 saturated carbocycles. The normalized spacial score (nSPS) is 10.1. The van der Waals surface area contributed by atoms with Gasteiger partial charge in [0.1, 0.15) is 6.61 Å². The van der Waals surface area contributed by atoms with Gasteiger partial charge in [-0.3, -0.25) is 0 Å². The third-order valence-electron chi connectivity index (χ3n) is 1.20. The molecule has 1 aromatic rings. The predicted octanol–water partition coefficient (Wildman–Crippen LogP) is 2.42. The van der Waals surface area contributed by atoms with Crippen molar-refractivity contribution in [1.82, 2.24) is 0 Å².